The lowest BCUT2D eigenvalue weighted by Crippen LogP contribution is -2.10. The van der Waals surface area contributed by atoms with Gasteiger partial charge in [-0.25, -0.2) is 18.7 Å². The summed E-state index contributed by atoms with van der Waals surface area (Å²) in [5.74, 6) is 5.25. The fraction of sp³-hybridized carbons (Fsp3) is 0.167. The molecule has 1 aliphatic rings. The maximum absolute atomic E-state index is 14.7. The summed E-state index contributed by atoms with van der Waals surface area (Å²) < 4.78 is 29.5. The van der Waals surface area contributed by atoms with Crippen LogP contribution in [0, 0.1) is 23.5 Å². The molecule has 0 unspecified atom stereocenters. The Morgan fingerprint density at radius 3 is 2.53 bits per heavy atom. The molecule has 0 saturated heterocycles. The third-order valence-electron chi connectivity index (χ3n) is 5.71. The zero-order chi connectivity index (χ0) is 25.9. The van der Waals surface area contributed by atoms with E-state index >= 15 is 0 Å². The predicted octanol–water partition coefficient (Wildman–Crippen LogP) is 6.72. The molecule has 0 aliphatic carbocycles. The molecule has 0 amide bonds. The lowest BCUT2D eigenvalue weighted by molar-refractivity contribution is 0.464. The van der Waals surface area contributed by atoms with Gasteiger partial charge in [-0.15, -0.1) is 0 Å². The molecule has 5 rings (SSSR count). The highest BCUT2D eigenvalue weighted by Crippen LogP contribution is 2.34. The molecule has 0 fully saturated rings. The Morgan fingerprint density at radius 2 is 1.76 bits per heavy atom. The summed E-state index contributed by atoms with van der Waals surface area (Å²) in [5.41, 5.74) is 4.14. The first-order valence-electron chi connectivity index (χ1n) is 11.5. The Labute approximate surface area is 226 Å². The first kappa shape index (κ1) is 26.9. The second-order valence-electron chi connectivity index (χ2n) is 8.76. The van der Waals surface area contributed by atoms with Crippen LogP contribution in [-0.2, 0) is 6.54 Å². The van der Waals surface area contributed by atoms with Gasteiger partial charge in [-0.2, -0.15) is 0 Å². The maximum atomic E-state index is 14.7. The molecule has 8 heteroatoms. The number of aliphatic imine (C=N–C) groups is 1. The van der Waals surface area contributed by atoms with Crippen LogP contribution in [0.3, 0.4) is 0 Å². The number of anilines is 2. The van der Waals surface area contributed by atoms with E-state index in [-0.39, 0.29) is 25.2 Å². The summed E-state index contributed by atoms with van der Waals surface area (Å²) in [5, 5.41) is 3.66. The predicted molar refractivity (Wildman–Crippen MR) is 150 cm³/mol. The first-order valence-corrected chi connectivity index (χ1v) is 11.9. The van der Waals surface area contributed by atoms with Gasteiger partial charge in [0.25, 0.3) is 0 Å². The van der Waals surface area contributed by atoms with Gasteiger partial charge < -0.3 is 5.32 Å². The van der Waals surface area contributed by atoms with Crippen LogP contribution in [0.5, 0.6) is 0 Å². The highest BCUT2D eigenvalue weighted by Gasteiger charge is 2.25. The highest BCUT2D eigenvalue weighted by molar-refractivity contribution is 6.31. The number of benzene rings is 3. The van der Waals surface area contributed by atoms with Crippen molar-refractivity contribution in [3.05, 3.63) is 106 Å². The monoisotopic (exact) mass is 529 g/mol. The molecule has 0 atom stereocenters. The molecule has 4 aromatic rings. The molecule has 1 aromatic heterocycles. The van der Waals surface area contributed by atoms with Gasteiger partial charge in [-0.05, 0) is 56.6 Å². The van der Waals surface area contributed by atoms with Crippen molar-refractivity contribution >= 4 is 28.9 Å². The summed E-state index contributed by atoms with van der Waals surface area (Å²) in [4.78, 5) is 15.8. The van der Waals surface area contributed by atoms with E-state index in [0.717, 1.165) is 16.8 Å². The maximum Gasteiger partial charge on any atom is 0.227 e. The van der Waals surface area contributed by atoms with Crippen molar-refractivity contribution in [3.63, 3.8) is 0 Å². The molecule has 1 N–H and O–H groups in total. The van der Waals surface area contributed by atoms with E-state index in [4.69, 9.17) is 16.6 Å². The fourth-order valence-corrected chi connectivity index (χ4v) is 4.20. The number of rotatable bonds is 4. The van der Waals surface area contributed by atoms with Crippen LogP contribution in [0.15, 0.2) is 71.9 Å². The number of aromatic nitrogens is 2. The normalized spacial score (nSPS) is 11.8. The van der Waals surface area contributed by atoms with Gasteiger partial charge in [0.1, 0.15) is 11.6 Å². The Kier molecular flexibility index (Phi) is 8.16. The quantitative estimate of drug-likeness (QED) is 0.298. The Balaban J connectivity index is 0.00000336. The summed E-state index contributed by atoms with van der Waals surface area (Å²) in [7, 11) is 3.94. The van der Waals surface area contributed by atoms with Gasteiger partial charge >= 0.3 is 0 Å². The Bertz CT molecular complexity index is 1570. The highest BCUT2D eigenvalue weighted by atomic mass is 35.5. The smallest absolute Gasteiger partial charge is 0.227 e. The minimum absolute atomic E-state index is 0. The lowest BCUT2D eigenvalue weighted by atomic mass is 9.95. The van der Waals surface area contributed by atoms with Crippen LogP contribution in [0.4, 0.5) is 20.4 Å². The van der Waals surface area contributed by atoms with Gasteiger partial charge in [0, 0.05) is 39.2 Å². The Hall–Kier alpha value is -4.12. The second kappa shape index (κ2) is 11.5. The van der Waals surface area contributed by atoms with Crippen molar-refractivity contribution in [2.75, 3.05) is 26.0 Å². The van der Waals surface area contributed by atoms with Gasteiger partial charge in [0.15, 0.2) is 0 Å². The van der Waals surface area contributed by atoms with Gasteiger partial charge in [0.05, 0.1) is 30.1 Å². The lowest BCUT2D eigenvalue weighted by Gasteiger charge is -2.13. The van der Waals surface area contributed by atoms with E-state index in [1.807, 2.05) is 43.3 Å². The average molecular weight is 530 g/mol. The van der Waals surface area contributed by atoms with Crippen LogP contribution >= 0.6 is 11.6 Å². The number of fused-ring (bicyclic) bond motifs is 3. The molecule has 1 aliphatic heterocycles. The molecular weight excluding hydrogens is 504 g/mol. The minimum atomic E-state index is -0.697. The molecule has 5 nitrogen and oxygen atoms in total. The largest absolute Gasteiger partial charge is 0.324 e. The van der Waals surface area contributed by atoms with Crippen LogP contribution < -0.4 is 5.32 Å². The summed E-state index contributed by atoms with van der Waals surface area (Å²) in [6.45, 7) is 0.817. The number of hydrogen-bond donors (Lipinski definition) is 1. The number of hydrogen-bond acceptors (Lipinski definition) is 5. The van der Waals surface area contributed by atoms with Crippen molar-refractivity contribution < 1.29 is 8.78 Å². The van der Waals surface area contributed by atoms with Crippen LogP contribution in [0.25, 0.3) is 11.3 Å². The van der Waals surface area contributed by atoms with Crippen molar-refractivity contribution in [3.8, 4) is 23.1 Å². The zero-order valence-corrected chi connectivity index (χ0v) is 20.9. The van der Waals surface area contributed by atoms with Crippen molar-refractivity contribution in [2.45, 2.75) is 14.0 Å². The first-order chi connectivity index (χ1) is 17.9. The van der Waals surface area contributed by atoms with Gasteiger partial charge in [-0.3, -0.25) is 9.89 Å². The van der Waals surface area contributed by atoms with E-state index < -0.39 is 11.6 Å². The van der Waals surface area contributed by atoms with Crippen LogP contribution in [-0.4, -0.2) is 41.2 Å². The van der Waals surface area contributed by atoms with E-state index in [1.54, 1.807) is 24.4 Å². The number of halogens is 3. The van der Waals surface area contributed by atoms with Crippen LogP contribution in [0.1, 0.15) is 29.7 Å². The summed E-state index contributed by atoms with van der Waals surface area (Å²) >= 11 is 6.29. The van der Waals surface area contributed by atoms with Crippen molar-refractivity contribution in [2.24, 2.45) is 4.99 Å². The van der Waals surface area contributed by atoms with E-state index in [9.17, 15) is 8.78 Å². The molecule has 0 spiro atoms. The third kappa shape index (κ3) is 5.72. The van der Waals surface area contributed by atoms with Gasteiger partial charge in [0.2, 0.25) is 5.95 Å². The van der Waals surface area contributed by atoms with E-state index in [1.165, 1.54) is 18.2 Å². The zero-order valence-electron chi connectivity index (χ0n) is 20.2. The molecule has 0 saturated carbocycles. The standard InChI is InChI=1S/C29H22ClF2N5.CH4/c1-37(2)13-5-7-18-6-3-8-21(14-18)35-29-34-17-19-16-33-28(26-24(31)9-4-10-25(26)32)23-15-20(30)11-12-22(23)27(19)36-29;/h3-4,6,8-12,14-15,17H,13,16H2,1-2H3,(H,34,35,36);1H4. The average Bonchev–Trinajstić information content (AvgIpc) is 3.01. The molecule has 192 valence electrons. The summed E-state index contributed by atoms with van der Waals surface area (Å²) in [6.07, 6.45) is 1.67. The molecule has 3 aromatic carbocycles. The Morgan fingerprint density at radius 1 is 1.00 bits per heavy atom. The van der Waals surface area contributed by atoms with E-state index in [2.05, 4.69) is 27.1 Å². The molecule has 38 heavy (non-hydrogen) atoms. The van der Waals surface area contributed by atoms with Crippen LogP contribution in [0.2, 0.25) is 5.02 Å². The molecule has 0 bridgehead atoms. The number of nitrogens with zero attached hydrogens (tertiary/aromatic N) is 4. The minimum Gasteiger partial charge on any atom is -0.324 e. The summed E-state index contributed by atoms with van der Waals surface area (Å²) in [6, 6.07) is 16.6. The second-order valence-corrected chi connectivity index (χ2v) is 9.20. The van der Waals surface area contributed by atoms with Crippen molar-refractivity contribution in [1.29, 1.82) is 0 Å². The van der Waals surface area contributed by atoms with E-state index in [0.29, 0.717) is 34.3 Å². The van der Waals surface area contributed by atoms with Gasteiger partial charge in [-0.1, -0.05) is 49.1 Å². The number of nitrogens with one attached hydrogen (secondary N) is 1. The fourth-order valence-electron chi connectivity index (χ4n) is 4.03. The topological polar surface area (TPSA) is 53.4 Å². The van der Waals surface area contributed by atoms with Crippen molar-refractivity contribution in [1.82, 2.24) is 14.9 Å². The molecule has 2 heterocycles. The molecular formula is C30H26ClF2N5. The third-order valence-corrected chi connectivity index (χ3v) is 5.95. The SMILES string of the molecule is C.CN(C)CC#Cc1cccc(Nc2ncc3c(n2)-c2ccc(Cl)cc2C(c2c(F)cccc2F)=NC3)c1. The molecule has 0 radical (unpaired) electrons.